The fourth-order valence-electron chi connectivity index (χ4n) is 3.61. The lowest BCUT2D eigenvalue weighted by Gasteiger charge is -2.23. The minimum Gasteiger partial charge on any atom is -0.493 e. The van der Waals surface area contributed by atoms with Crippen molar-refractivity contribution >= 4 is 21.6 Å². The molecule has 0 aliphatic rings. The molecule has 3 aromatic carbocycles. The Bertz CT molecular complexity index is 1260. The molecule has 0 saturated carbocycles. The van der Waals surface area contributed by atoms with E-state index in [0.29, 0.717) is 22.7 Å². The molecular formula is C26H30N2O5S. The molecule has 180 valence electrons. The van der Waals surface area contributed by atoms with E-state index in [0.717, 1.165) is 16.7 Å². The Labute approximate surface area is 201 Å². The number of amides is 1. The van der Waals surface area contributed by atoms with E-state index in [-0.39, 0.29) is 18.5 Å². The number of carbonyl (C=O) groups excluding carboxylic acids is 1. The van der Waals surface area contributed by atoms with Crippen LogP contribution in [-0.4, -0.2) is 34.8 Å². The van der Waals surface area contributed by atoms with Crippen LogP contribution in [-0.2, 0) is 16.6 Å². The van der Waals surface area contributed by atoms with Gasteiger partial charge >= 0.3 is 0 Å². The zero-order valence-corrected chi connectivity index (χ0v) is 20.8. The molecule has 1 atom stereocenters. The SMILES string of the molecule is COc1ccc(C(C)NC(=O)c2ccc(N(Cc3ccccc3C)S(C)(=O)=O)cc2)cc1OC. The summed E-state index contributed by atoms with van der Waals surface area (Å²) in [5, 5.41) is 2.96. The van der Waals surface area contributed by atoms with Crippen molar-refractivity contribution in [3.63, 3.8) is 0 Å². The predicted molar refractivity (Wildman–Crippen MR) is 134 cm³/mol. The first-order valence-electron chi connectivity index (χ1n) is 10.8. The quantitative estimate of drug-likeness (QED) is 0.486. The molecule has 0 aromatic heterocycles. The second-order valence-corrected chi connectivity index (χ2v) is 9.96. The first kappa shape index (κ1) is 25.1. The van der Waals surface area contributed by atoms with Gasteiger partial charge in [0, 0.05) is 5.56 Å². The number of methoxy groups -OCH3 is 2. The second-order valence-electron chi connectivity index (χ2n) is 8.05. The molecule has 3 rings (SSSR count). The first-order chi connectivity index (χ1) is 16.1. The van der Waals surface area contributed by atoms with Gasteiger partial charge in [-0.1, -0.05) is 30.3 Å². The van der Waals surface area contributed by atoms with Gasteiger partial charge in [-0.3, -0.25) is 9.10 Å². The van der Waals surface area contributed by atoms with Crippen molar-refractivity contribution in [2.75, 3.05) is 24.8 Å². The molecule has 1 amide bonds. The van der Waals surface area contributed by atoms with E-state index in [2.05, 4.69) is 5.32 Å². The van der Waals surface area contributed by atoms with Gasteiger partial charge in [0.25, 0.3) is 5.91 Å². The third kappa shape index (κ3) is 5.88. The fraction of sp³-hybridized carbons (Fsp3) is 0.269. The number of nitrogens with one attached hydrogen (secondary N) is 1. The number of aryl methyl sites for hydroxylation is 1. The Morgan fingerprint density at radius 1 is 0.971 bits per heavy atom. The van der Waals surface area contributed by atoms with Crippen molar-refractivity contribution in [2.24, 2.45) is 0 Å². The maximum absolute atomic E-state index is 12.8. The van der Waals surface area contributed by atoms with E-state index in [1.54, 1.807) is 44.6 Å². The van der Waals surface area contributed by atoms with Crippen molar-refractivity contribution in [3.8, 4) is 11.5 Å². The van der Waals surface area contributed by atoms with Crippen molar-refractivity contribution in [1.29, 1.82) is 0 Å². The summed E-state index contributed by atoms with van der Waals surface area (Å²) >= 11 is 0. The smallest absolute Gasteiger partial charge is 0.251 e. The standard InChI is InChI=1S/C26H30N2O5S/c1-18-8-6-7-9-22(18)17-28(34(5,30)31)23-13-10-20(11-14-23)26(29)27-19(2)21-12-15-24(32-3)25(16-21)33-4/h6-16,19H,17H2,1-5H3,(H,27,29). The molecule has 1 unspecified atom stereocenters. The molecule has 0 aliphatic heterocycles. The minimum atomic E-state index is -3.52. The number of carbonyl (C=O) groups is 1. The maximum Gasteiger partial charge on any atom is 0.251 e. The summed E-state index contributed by atoms with van der Waals surface area (Å²) in [7, 11) is -0.394. The third-order valence-electron chi connectivity index (χ3n) is 5.65. The molecule has 0 fully saturated rings. The highest BCUT2D eigenvalue weighted by Gasteiger charge is 2.20. The summed E-state index contributed by atoms with van der Waals surface area (Å²) in [5.41, 5.74) is 3.72. The number of hydrogen-bond acceptors (Lipinski definition) is 5. The second kappa shape index (κ2) is 10.6. The van der Waals surface area contributed by atoms with Gasteiger partial charge in [-0.25, -0.2) is 8.42 Å². The first-order valence-corrected chi connectivity index (χ1v) is 12.6. The summed E-state index contributed by atoms with van der Waals surface area (Å²) in [6.45, 7) is 4.04. The number of sulfonamides is 1. The van der Waals surface area contributed by atoms with Crippen molar-refractivity contribution < 1.29 is 22.7 Å². The normalized spacial score (nSPS) is 12.0. The Morgan fingerprint density at radius 3 is 2.21 bits per heavy atom. The summed E-state index contributed by atoms with van der Waals surface area (Å²) in [6, 6.07) is 19.4. The summed E-state index contributed by atoms with van der Waals surface area (Å²) in [4.78, 5) is 12.8. The Hall–Kier alpha value is -3.52. The monoisotopic (exact) mass is 482 g/mol. The number of nitrogens with zero attached hydrogens (tertiary/aromatic N) is 1. The van der Waals surface area contributed by atoms with Gasteiger partial charge in [-0.05, 0) is 66.9 Å². The maximum atomic E-state index is 12.8. The lowest BCUT2D eigenvalue weighted by molar-refractivity contribution is 0.0940. The van der Waals surface area contributed by atoms with E-state index >= 15 is 0 Å². The van der Waals surface area contributed by atoms with Gasteiger partial charge in [-0.2, -0.15) is 0 Å². The highest BCUT2D eigenvalue weighted by atomic mass is 32.2. The molecule has 1 N–H and O–H groups in total. The van der Waals surface area contributed by atoms with E-state index < -0.39 is 10.0 Å². The van der Waals surface area contributed by atoms with Crippen LogP contribution in [0.15, 0.2) is 66.7 Å². The molecule has 34 heavy (non-hydrogen) atoms. The molecule has 8 heteroatoms. The highest BCUT2D eigenvalue weighted by molar-refractivity contribution is 7.92. The van der Waals surface area contributed by atoms with Gasteiger partial charge in [-0.15, -0.1) is 0 Å². The average molecular weight is 483 g/mol. The van der Waals surface area contributed by atoms with Crippen LogP contribution in [0.5, 0.6) is 11.5 Å². The van der Waals surface area contributed by atoms with Crippen LogP contribution in [0.4, 0.5) is 5.69 Å². The molecule has 0 aliphatic carbocycles. The number of benzene rings is 3. The molecule has 3 aromatic rings. The third-order valence-corrected chi connectivity index (χ3v) is 6.79. The van der Waals surface area contributed by atoms with Gasteiger partial charge in [0.1, 0.15) is 0 Å². The zero-order chi connectivity index (χ0) is 24.9. The van der Waals surface area contributed by atoms with Gasteiger partial charge in [0.2, 0.25) is 10.0 Å². The van der Waals surface area contributed by atoms with Crippen LogP contribution < -0.4 is 19.1 Å². The van der Waals surface area contributed by atoms with Gasteiger partial charge < -0.3 is 14.8 Å². The largest absolute Gasteiger partial charge is 0.493 e. The number of hydrogen-bond donors (Lipinski definition) is 1. The zero-order valence-electron chi connectivity index (χ0n) is 20.0. The lowest BCUT2D eigenvalue weighted by Crippen LogP contribution is -2.30. The van der Waals surface area contributed by atoms with Crippen molar-refractivity contribution in [1.82, 2.24) is 5.32 Å². The van der Waals surface area contributed by atoms with E-state index in [9.17, 15) is 13.2 Å². The van der Waals surface area contributed by atoms with Crippen LogP contribution in [0.2, 0.25) is 0 Å². The molecular weight excluding hydrogens is 452 g/mol. The summed E-state index contributed by atoms with van der Waals surface area (Å²) in [5.74, 6) is 0.931. The molecule has 0 radical (unpaired) electrons. The van der Waals surface area contributed by atoms with Crippen LogP contribution in [0.1, 0.15) is 40.0 Å². The summed E-state index contributed by atoms with van der Waals surface area (Å²) in [6.07, 6.45) is 1.18. The van der Waals surface area contributed by atoms with Crippen molar-refractivity contribution in [3.05, 3.63) is 89.0 Å². The molecule has 0 heterocycles. The topological polar surface area (TPSA) is 84.9 Å². The highest BCUT2D eigenvalue weighted by Crippen LogP contribution is 2.30. The van der Waals surface area contributed by atoms with Crippen LogP contribution in [0, 0.1) is 6.92 Å². The van der Waals surface area contributed by atoms with Crippen LogP contribution in [0.3, 0.4) is 0 Å². The molecule has 0 bridgehead atoms. The number of rotatable bonds is 9. The Kier molecular flexibility index (Phi) is 7.83. The van der Waals surface area contributed by atoms with Crippen LogP contribution in [0.25, 0.3) is 0 Å². The van der Waals surface area contributed by atoms with E-state index in [1.165, 1.54) is 10.6 Å². The van der Waals surface area contributed by atoms with E-state index in [1.807, 2.05) is 50.2 Å². The number of anilines is 1. The number of ether oxygens (including phenoxy) is 2. The van der Waals surface area contributed by atoms with Crippen LogP contribution >= 0.6 is 0 Å². The Morgan fingerprint density at radius 2 is 1.62 bits per heavy atom. The van der Waals surface area contributed by atoms with Gasteiger partial charge in [0.05, 0.1) is 38.7 Å². The van der Waals surface area contributed by atoms with E-state index in [4.69, 9.17) is 9.47 Å². The lowest BCUT2D eigenvalue weighted by atomic mass is 10.1. The van der Waals surface area contributed by atoms with Crippen molar-refractivity contribution in [2.45, 2.75) is 26.4 Å². The van der Waals surface area contributed by atoms with Gasteiger partial charge in [0.15, 0.2) is 11.5 Å². The minimum absolute atomic E-state index is 0.216. The molecule has 7 nitrogen and oxygen atoms in total. The average Bonchev–Trinajstić information content (AvgIpc) is 2.82. The molecule has 0 saturated heterocycles. The fourth-order valence-corrected chi connectivity index (χ4v) is 4.49. The molecule has 0 spiro atoms. The summed E-state index contributed by atoms with van der Waals surface area (Å²) < 4.78 is 36.9. The predicted octanol–water partition coefficient (Wildman–Crippen LogP) is 4.47. The Balaban J connectivity index is 1.77.